The largest absolute Gasteiger partial charge is 0.394 e. The van der Waals surface area contributed by atoms with Gasteiger partial charge in [0.15, 0.2) is 0 Å². The molecule has 0 heterocycles. The van der Waals surface area contributed by atoms with Crippen molar-refractivity contribution in [2.24, 2.45) is 5.41 Å². The monoisotopic (exact) mass is 226 g/mol. The second-order valence-corrected chi connectivity index (χ2v) is 4.67. The molecule has 0 saturated heterocycles. The third-order valence-electron chi connectivity index (χ3n) is 2.32. The van der Waals surface area contributed by atoms with Crippen LogP contribution in [0.5, 0.6) is 0 Å². The molecule has 0 aromatic heterocycles. The van der Waals surface area contributed by atoms with Crippen LogP contribution < -0.4 is 0 Å². The molecule has 1 aliphatic carbocycles. The third kappa shape index (κ3) is 9.94. The van der Waals surface area contributed by atoms with E-state index in [2.05, 4.69) is 45.1 Å². The molecule has 0 atom stereocenters. The van der Waals surface area contributed by atoms with Crippen molar-refractivity contribution in [1.29, 1.82) is 0 Å². The lowest BCUT2D eigenvalue weighted by atomic mass is 9.86. The van der Waals surface area contributed by atoms with E-state index in [9.17, 15) is 0 Å². The molecule has 0 unspecified atom stereocenters. The number of hydrogen-bond donors (Lipinski definition) is 1. The molecular weight excluding hydrogens is 200 g/mol. The first kappa shape index (κ1) is 15.4. The summed E-state index contributed by atoms with van der Waals surface area (Å²) in [6, 6.07) is 0. The van der Waals surface area contributed by atoms with Gasteiger partial charge in [0.1, 0.15) is 0 Å². The second kappa shape index (κ2) is 9.61. The molecule has 0 spiro atoms. The maximum atomic E-state index is 8.24. The van der Waals surface area contributed by atoms with Crippen molar-refractivity contribution in [3.05, 3.63) is 24.3 Å². The molecule has 2 nitrogen and oxygen atoms in total. The van der Waals surface area contributed by atoms with Crippen LogP contribution >= 0.6 is 0 Å². The zero-order valence-corrected chi connectivity index (χ0v) is 10.9. The summed E-state index contributed by atoms with van der Waals surface area (Å²) in [7, 11) is 0. The molecule has 2 heteroatoms. The van der Waals surface area contributed by atoms with E-state index in [1.165, 1.54) is 6.42 Å². The van der Waals surface area contributed by atoms with Crippen LogP contribution in [0.4, 0.5) is 0 Å². The van der Waals surface area contributed by atoms with Crippen molar-refractivity contribution in [3.63, 3.8) is 0 Å². The number of rotatable bonds is 5. The zero-order valence-electron chi connectivity index (χ0n) is 10.9. The number of aliphatic hydroxyl groups excluding tert-OH is 1. The van der Waals surface area contributed by atoms with E-state index >= 15 is 0 Å². The van der Waals surface area contributed by atoms with E-state index in [0.717, 1.165) is 19.4 Å². The Balaban J connectivity index is 0.000000281. The lowest BCUT2D eigenvalue weighted by Crippen LogP contribution is -2.06. The van der Waals surface area contributed by atoms with Gasteiger partial charge < -0.3 is 9.84 Å². The number of aliphatic hydroxyl groups is 1. The minimum absolute atomic E-state index is 0.143. The first-order valence-corrected chi connectivity index (χ1v) is 6.15. The highest BCUT2D eigenvalue weighted by molar-refractivity contribution is 5.13. The molecule has 1 rings (SSSR count). The van der Waals surface area contributed by atoms with Crippen molar-refractivity contribution in [2.75, 3.05) is 19.8 Å². The number of allylic oxidation sites excluding steroid dienone is 4. The maximum absolute atomic E-state index is 8.24. The fourth-order valence-electron chi connectivity index (χ4n) is 1.25. The van der Waals surface area contributed by atoms with Gasteiger partial charge in [-0.15, -0.1) is 0 Å². The normalized spacial score (nSPS) is 16.8. The van der Waals surface area contributed by atoms with E-state index in [4.69, 9.17) is 9.84 Å². The Morgan fingerprint density at radius 1 is 1.25 bits per heavy atom. The quantitative estimate of drug-likeness (QED) is 0.729. The van der Waals surface area contributed by atoms with E-state index in [0.29, 0.717) is 12.0 Å². The first-order valence-electron chi connectivity index (χ1n) is 6.15. The Bertz CT molecular complexity index is 199. The lowest BCUT2D eigenvalue weighted by Gasteiger charge is -2.19. The molecular formula is C14H26O2. The van der Waals surface area contributed by atoms with Gasteiger partial charge in [-0.25, -0.2) is 0 Å². The molecule has 16 heavy (non-hydrogen) atoms. The molecule has 0 bridgehead atoms. The summed E-state index contributed by atoms with van der Waals surface area (Å²) in [4.78, 5) is 0. The fourth-order valence-corrected chi connectivity index (χ4v) is 1.25. The topological polar surface area (TPSA) is 29.5 Å². The van der Waals surface area contributed by atoms with Gasteiger partial charge >= 0.3 is 0 Å². The van der Waals surface area contributed by atoms with Gasteiger partial charge in [-0.05, 0) is 18.3 Å². The highest BCUT2D eigenvalue weighted by Gasteiger charge is 2.11. The Morgan fingerprint density at radius 2 is 2.00 bits per heavy atom. The molecule has 1 N–H and O–H groups in total. The summed E-state index contributed by atoms with van der Waals surface area (Å²) in [5.74, 6) is 0. The maximum Gasteiger partial charge on any atom is 0.0697 e. The van der Waals surface area contributed by atoms with E-state index in [1.54, 1.807) is 0 Å². The summed E-state index contributed by atoms with van der Waals surface area (Å²) < 4.78 is 4.97. The van der Waals surface area contributed by atoms with Gasteiger partial charge in [0.05, 0.1) is 13.2 Å². The molecule has 1 aliphatic rings. The molecule has 0 saturated carbocycles. The number of hydrogen-bond acceptors (Lipinski definition) is 2. The molecule has 0 amide bonds. The van der Waals surface area contributed by atoms with Gasteiger partial charge in [0.25, 0.3) is 0 Å². The Kier molecular flexibility index (Phi) is 9.25. The first-order chi connectivity index (χ1) is 7.62. The van der Waals surface area contributed by atoms with Crippen LogP contribution in [0.1, 0.15) is 40.0 Å². The average Bonchev–Trinajstić information content (AvgIpc) is 2.25. The molecule has 0 radical (unpaired) electrons. The molecule has 0 fully saturated rings. The van der Waals surface area contributed by atoms with Gasteiger partial charge in [-0.2, -0.15) is 0 Å². The smallest absolute Gasteiger partial charge is 0.0697 e. The predicted octanol–water partition coefficient (Wildman–Crippen LogP) is 3.32. The van der Waals surface area contributed by atoms with Crippen molar-refractivity contribution in [3.8, 4) is 0 Å². The lowest BCUT2D eigenvalue weighted by molar-refractivity contribution is 0.0904. The summed E-state index contributed by atoms with van der Waals surface area (Å²) in [5, 5.41) is 8.24. The Hall–Kier alpha value is -0.600. The standard InChI is InChI=1S/C8H12.C6H14O2/c1-8(2)6-4-3-5-7-8;1-2-3-5-8-6-4-7/h3-6H,7H2,1-2H3;7H,2-6H2,1H3. The predicted molar refractivity (Wildman–Crippen MR) is 69.5 cm³/mol. The summed E-state index contributed by atoms with van der Waals surface area (Å²) in [5.41, 5.74) is 0.411. The van der Waals surface area contributed by atoms with Crippen LogP contribution in [-0.2, 0) is 4.74 Å². The number of unbranched alkanes of at least 4 members (excludes halogenated alkanes) is 1. The average molecular weight is 226 g/mol. The van der Waals surface area contributed by atoms with Crippen LogP contribution in [0.2, 0.25) is 0 Å². The van der Waals surface area contributed by atoms with Gasteiger partial charge in [0.2, 0.25) is 0 Å². The summed E-state index contributed by atoms with van der Waals surface area (Å²) in [6.07, 6.45) is 12.1. The third-order valence-corrected chi connectivity index (χ3v) is 2.32. The van der Waals surface area contributed by atoms with Crippen LogP contribution in [0, 0.1) is 5.41 Å². The summed E-state index contributed by atoms with van der Waals surface area (Å²) >= 11 is 0. The summed E-state index contributed by atoms with van der Waals surface area (Å²) in [6.45, 7) is 8.02. The highest BCUT2D eigenvalue weighted by atomic mass is 16.5. The fraction of sp³-hybridized carbons (Fsp3) is 0.714. The Morgan fingerprint density at radius 3 is 2.38 bits per heavy atom. The molecule has 0 aromatic carbocycles. The van der Waals surface area contributed by atoms with Gasteiger partial charge in [-0.1, -0.05) is 51.5 Å². The van der Waals surface area contributed by atoms with Crippen LogP contribution in [0.3, 0.4) is 0 Å². The number of ether oxygens (including phenoxy) is 1. The van der Waals surface area contributed by atoms with Crippen molar-refractivity contribution in [1.82, 2.24) is 0 Å². The van der Waals surface area contributed by atoms with Crippen LogP contribution in [0.15, 0.2) is 24.3 Å². The van der Waals surface area contributed by atoms with Crippen LogP contribution in [0.25, 0.3) is 0 Å². The molecule has 0 aromatic rings. The highest BCUT2D eigenvalue weighted by Crippen LogP contribution is 2.24. The molecule has 0 aliphatic heterocycles. The second-order valence-electron chi connectivity index (χ2n) is 4.67. The van der Waals surface area contributed by atoms with Gasteiger partial charge in [-0.3, -0.25) is 0 Å². The zero-order chi connectivity index (χ0) is 12.3. The van der Waals surface area contributed by atoms with Crippen LogP contribution in [-0.4, -0.2) is 24.9 Å². The van der Waals surface area contributed by atoms with Crippen molar-refractivity contribution >= 4 is 0 Å². The van der Waals surface area contributed by atoms with Crippen molar-refractivity contribution in [2.45, 2.75) is 40.0 Å². The van der Waals surface area contributed by atoms with Crippen molar-refractivity contribution < 1.29 is 9.84 Å². The minimum atomic E-state index is 0.143. The van der Waals surface area contributed by atoms with E-state index < -0.39 is 0 Å². The van der Waals surface area contributed by atoms with E-state index in [1.807, 2.05) is 0 Å². The SMILES string of the molecule is CC1(C)C=CC=CC1.CCCCOCCO. The minimum Gasteiger partial charge on any atom is -0.394 e. The van der Waals surface area contributed by atoms with Gasteiger partial charge in [0, 0.05) is 6.61 Å². The molecule has 94 valence electrons. The Labute approximate surface area is 100 Å². The van der Waals surface area contributed by atoms with E-state index in [-0.39, 0.29) is 6.61 Å².